The second-order valence-electron chi connectivity index (χ2n) is 9.31. The summed E-state index contributed by atoms with van der Waals surface area (Å²) < 4.78 is 28.9. The molecule has 1 aromatic heterocycles. The fraction of sp³-hybridized carbons (Fsp3) is 0.241. The van der Waals surface area contributed by atoms with Crippen molar-refractivity contribution >= 4 is 31.8 Å². The van der Waals surface area contributed by atoms with Crippen LogP contribution >= 0.6 is 15.9 Å². The first-order chi connectivity index (χ1) is 17.8. The molecule has 0 unspecified atom stereocenters. The molecule has 0 radical (unpaired) electrons. The summed E-state index contributed by atoms with van der Waals surface area (Å²) in [5, 5.41) is 0. The minimum absolute atomic E-state index is 0.313. The lowest BCUT2D eigenvalue weighted by atomic mass is 10.0. The number of aromatic nitrogens is 2. The van der Waals surface area contributed by atoms with E-state index in [4.69, 9.17) is 9.97 Å². The predicted molar refractivity (Wildman–Crippen MR) is 151 cm³/mol. The van der Waals surface area contributed by atoms with Crippen molar-refractivity contribution in [3.05, 3.63) is 106 Å². The third kappa shape index (κ3) is 5.61. The molecule has 37 heavy (non-hydrogen) atoms. The summed E-state index contributed by atoms with van der Waals surface area (Å²) in [4.78, 5) is 12.5. The molecule has 1 fully saturated rings. The van der Waals surface area contributed by atoms with E-state index >= 15 is 0 Å². The summed E-state index contributed by atoms with van der Waals surface area (Å²) in [5.41, 5.74) is 5.34. The Bertz CT molecular complexity index is 1500. The summed E-state index contributed by atoms with van der Waals surface area (Å²) in [6.45, 7) is 6.00. The van der Waals surface area contributed by atoms with Crippen LogP contribution in [-0.4, -0.2) is 48.9 Å². The molecule has 0 N–H and O–H groups in total. The molecule has 0 saturated carbocycles. The Morgan fingerprint density at radius 3 is 2.22 bits per heavy atom. The van der Waals surface area contributed by atoms with Crippen molar-refractivity contribution in [2.45, 2.75) is 25.2 Å². The zero-order chi connectivity index (χ0) is 26.0. The van der Waals surface area contributed by atoms with Crippen LogP contribution in [-0.2, 0) is 16.4 Å². The molecule has 1 saturated heterocycles. The van der Waals surface area contributed by atoms with Crippen LogP contribution < -0.4 is 4.90 Å². The lowest BCUT2D eigenvalue weighted by Gasteiger charge is -2.36. The van der Waals surface area contributed by atoms with Crippen molar-refractivity contribution in [2.24, 2.45) is 0 Å². The lowest BCUT2D eigenvalue weighted by Crippen LogP contribution is -2.49. The molecule has 0 atom stereocenters. The Morgan fingerprint density at radius 1 is 0.838 bits per heavy atom. The summed E-state index contributed by atoms with van der Waals surface area (Å²) in [6, 6.07) is 25.3. The van der Waals surface area contributed by atoms with Gasteiger partial charge in [0.2, 0.25) is 10.0 Å². The van der Waals surface area contributed by atoms with Gasteiger partial charge in [0.05, 0.1) is 4.90 Å². The van der Waals surface area contributed by atoms with Gasteiger partial charge in [-0.15, -0.1) is 0 Å². The second-order valence-corrected chi connectivity index (χ2v) is 12.2. The molecule has 4 aromatic rings. The average molecular weight is 578 g/mol. The monoisotopic (exact) mass is 576 g/mol. The molecule has 6 nitrogen and oxygen atoms in total. The van der Waals surface area contributed by atoms with E-state index in [-0.39, 0.29) is 0 Å². The van der Waals surface area contributed by atoms with Gasteiger partial charge < -0.3 is 4.90 Å². The number of piperazine rings is 1. The number of sulfonamides is 1. The van der Waals surface area contributed by atoms with Crippen LogP contribution in [0.3, 0.4) is 0 Å². The number of nitrogens with zero attached hydrogens (tertiary/aromatic N) is 4. The number of benzene rings is 3. The number of anilines is 1. The fourth-order valence-electron chi connectivity index (χ4n) is 4.66. The zero-order valence-corrected chi connectivity index (χ0v) is 23.3. The van der Waals surface area contributed by atoms with E-state index < -0.39 is 10.0 Å². The molecular formula is C29H29BrN4O2S. The molecule has 2 heterocycles. The normalized spacial score (nSPS) is 14.6. The molecule has 0 bridgehead atoms. The maximum Gasteiger partial charge on any atom is 0.243 e. The third-order valence-corrected chi connectivity index (χ3v) is 9.12. The highest BCUT2D eigenvalue weighted by Gasteiger charge is 2.30. The predicted octanol–water partition coefficient (Wildman–Crippen LogP) is 5.62. The van der Waals surface area contributed by atoms with Gasteiger partial charge in [0.15, 0.2) is 5.82 Å². The van der Waals surface area contributed by atoms with Crippen LogP contribution in [0.1, 0.15) is 22.4 Å². The smallest absolute Gasteiger partial charge is 0.243 e. The largest absolute Gasteiger partial charge is 0.354 e. The summed E-state index contributed by atoms with van der Waals surface area (Å²) in [6.07, 6.45) is 0.716. The average Bonchev–Trinajstić information content (AvgIpc) is 2.90. The van der Waals surface area contributed by atoms with Gasteiger partial charge in [0.25, 0.3) is 0 Å². The SMILES string of the molecule is Cc1cccc(-c2nc(C)c(Cc3ccccc3)c(N3CCN(S(=O)(=O)c4ccc(Br)cc4)CC3)n2)c1. The fourth-order valence-corrected chi connectivity index (χ4v) is 6.35. The molecule has 1 aliphatic heterocycles. The Labute approximate surface area is 227 Å². The number of hydrogen-bond acceptors (Lipinski definition) is 5. The summed E-state index contributed by atoms with van der Waals surface area (Å²) in [7, 11) is -3.55. The molecule has 0 spiro atoms. The second kappa shape index (κ2) is 10.7. The zero-order valence-electron chi connectivity index (χ0n) is 20.9. The van der Waals surface area contributed by atoms with Gasteiger partial charge in [-0.2, -0.15) is 4.31 Å². The van der Waals surface area contributed by atoms with E-state index in [1.165, 1.54) is 5.56 Å². The van der Waals surface area contributed by atoms with Crippen molar-refractivity contribution in [1.29, 1.82) is 0 Å². The number of hydrogen-bond donors (Lipinski definition) is 0. The molecule has 0 aliphatic carbocycles. The van der Waals surface area contributed by atoms with Gasteiger partial charge in [-0.1, -0.05) is 70.0 Å². The van der Waals surface area contributed by atoms with Crippen LogP contribution in [0.5, 0.6) is 0 Å². The van der Waals surface area contributed by atoms with Gasteiger partial charge in [-0.05, 0) is 49.7 Å². The molecular weight excluding hydrogens is 548 g/mol. The molecule has 190 valence electrons. The van der Waals surface area contributed by atoms with E-state index in [1.807, 2.05) is 37.3 Å². The van der Waals surface area contributed by atoms with Crippen molar-refractivity contribution in [3.8, 4) is 11.4 Å². The minimum atomic E-state index is -3.55. The number of halogens is 1. The van der Waals surface area contributed by atoms with E-state index in [9.17, 15) is 8.42 Å². The van der Waals surface area contributed by atoms with Crippen LogP contribution in [0.25, 0.3) is 11.4 Å². The van der Waals surface area contributed by atoms with Crippen molar-refractivity contribution in [3.63, 3.8) is 0 Å². The minimum Gasteiger partial charge on any atom is -0.354 e. The quantitative estimate of drug-likeness (QED) is 0.298. The Morgan fingerprint density at radius 2 is 1.54 bits per heavy atom. The number of rotatable bonds is 6. The van der Waals surface area contributed by atoms with Gasteiger partial charge >= 0.3 is 0 Å². The highest BCUT2D eigenvalue weighted by Crippen LogP contribution is 2.29. The maximum atomic E-state index is 13.2. The third-order valence-electron chi connectivity index (χ3n) is 6.68. The molecule has 8 heteroatoms. The van der Waals surface area contributed by atoms with Crippen LogP contribution in [0, 0.1) is 13.8 Å². The first-order valence-electron chi connectivity index (χ1n) is 12.3. The first-order valence-corrected chi connectivity index (χ1v) is 14.5. The van der Waals surface area contributed by atoms with Gasteiger partial charge in [0.1, 0.15) is 5.82 Å². The number of aryl methyl sites for hydroxylation is 2. The highest BCUT2D eigenvalue weighted by atomic mass is 79.9. The van der Waals surface area contributed by atoms with Gasteiger partial charge in [0, 0.05) is 53.9 Å². The maximum absolute atomic E-state index is 13.2. The first kappa shape index (κ1) is 25.6. The standard InChI is InChI=1S/C29H29BrN4O2S/c1-21-7-6-10-24(19-21)28-31-22(2)27(20-23-8-4-3-5-9-23)29(32-28)33-15-17-34(18-16-33)37(35,36)26-13-11-25(30)12-14-26/h3-14,19H,15-18,20H2,1-2H3. The lowest BCUT2D eigenvalue weighted by molar-refractivity contribution is 0.383. The van der Waals surface area contributed by atoms with E-state index in [2.05, 4.69) is 52.0 Å². The molecule has 0 amide bonds. The molecule has 5 rings (SSSR count). The summed E-state index contributed by atoms with van der Waals surface area (Å²) in [5.74, 6) is 1.58. The van der Waals surface area contributed by atoms with Crippen LogP contribution in [0.15, 0.2) is 88.2 Å². The molecule has 3 aromatic carbocycles. The Kier molecular flexibility index (Phi) is 7.42. The van der Waals surface area contributed by atoms with Gasteiger partial charge in [-0.3, -0.25) is 0 Å². The van der Waals surface area contributed by atoms with Crippen molar-refractivity contribution in [1.82, 2.24) is 14.3 Å². The van der Waals surface area contributed by atoms with Gasteiger partial charge in [-0.25, -0.2) is 18.4 Å². The Hall–Kier alpha value is -3.07. The molecule has 1 aliphatic rings. The van der Waals surface area contributed by atoms with Crippen LogP contribution in [0.4, 0.5) is 5.82 Å². The summed E-state index contributed by atoms with van der Waals surface area (Å²) >= 11 is 3.38. The topological polar surface area (TPSA) is 66.4 Å². The van der Waals surface area contributed by atoms with E-state index in [1.54, 1.807) is 28.6 Å². The van der Waals surface area contributed by atoms with E-state index in [0.29, 0.717) is 43.3 Å². The highest BCUT2D eigenvalue weighted by molar-refractivity contribution is 9.10. The van der Waals surface area contributed by atoms with Crippen molar-refractivity contribution < 1.29 is 8.42 Å². The van der Waals surface area contributed by atoms with E-state index in [0.717, 1.165) is 32.7 Å². The Balaban J connectivity index is 1.46. The van der Waals surface area contributed by atoms with Crippen LogP contribution in [0.2, 0.25) is 0 Å². The van der Waals surface area contributed by atoms with Crippen molar-refractivity contribution in [2.75, 3.05) is 31.1 Å².